The van der Waals surface area contributed by atoms with Crippen molar-refractivity contribution in [3.63, 3.8) is 0 Å². The van der Waals surface area contributed by atoms with Gasteiger partial charge in [0.25, 0.3) is 0 Å². The predicted molar refractivity (Wildman–Crippen MR) is 93.4 cm³/mol. The highest BCUT2D eigenvalue weighted by Crippen LogP contribution is 2.34. The molecule has 0 bridgehead atoms. The number of piperidine rings is 1. The van der Waals surface area contributed by atoms with Crippen LogP contribution in [0.25, 0.3) is 0 Å². The Bertz CT molecular complexity index is 578. The molecule has 1 aromatic heterocycles. The Labute approximate surface area is 155 Å². The lowest BCUT2D eigenvalue weighted by Crippen LogP contribution is -2.42. The van der Waals surface area contributed by atoms with Crippen molar-refractivity contribution in [2.45, 2.75) is 19.0 Å². The van der Waals surface area contributed by atoms with Crippen LogP contribution < -0.4 is 15.5 Å². The average Bonchev–Trinajstić information content (AvgIpc) is 2.54. The van der Waals surface area contributed by atoms with Crippen LogP contribution in [0.1, 0.15) is 18.4 Å². The maximum atomic E-state index is 12.6. The van der Waals surface area contributed by atoms with Crippen LogP contribution in [0.5, 0.6) is 0 Å². The molecule has 0 saturated carbocycles. The van der Waals surface area contributed by atoms with E-state index < -0.39 is 11.7 Å². The molecular weight excluding hydrogens is 380 g/mol. The fourth-order valence-electron chi connectivity index (χ4n) is 2.63. The summed E-state index contributed by atoms with van der Waals surface area (Å²) >= 11 is 5.96. The van der Waals surface area contributed by atoms with Crippen LogP contribution in [-0.4, -0.2) is 44.1 Å². The van der Waals surface area contributed by atoms with E-state index in [1.807, 2.05) is 11.9 Å². The van der Waals surface area contributed by atoms with Crippen molar-refractivity contribution in [1.82, 2.24) is 15.6 Å². The van der Waals surface area contributed by atoms with Gasteiger partial charge in [0.15, 0.2) is 0 Å². The summed E-state index contributed by atoms with van der Waals surface area (Å²) < 4.78 is 37.9. The minimum atomic E-state index is -4.46. The lowest BCUT2D eigenvalue weighted by molar-refractivity contribution is -0.137. The van der Waals surface area contributed by atoms with Gasteiger partial charge in [-0.05, 0) is 26.0 Å². The molecule has 1 fully saturated rings. The molecule has 0 radical (unpaired) electrons. The van der Waals surface area contributed by atoms with Crippen LogP contribution in [-0.2, 0) is 11.0 Å². The maximum absolute atomic E-state index is 12.6. The number of rotatable bonds is 5. The third-order valence-corrected chi connectivity index (χ3v) is 4.27. The molecule has 0 unspecified atom stereocenters. The third-order valence-electron chi connectivity index (χ3n) is 3.99. The number of likely N-dealkylation sites (N-methyl/N-ethyl adjacent to an activating group) is 1. The molecule has 0 aliphatic carbocycles. The Balaban J connectivity index is 0.00000312. The number of aromatic nitrogens is 1. The standard InChI is InChI=1S/C15H20ClF3N4O.ClH/c1-20-4-5-21-14(24)10-2-6-23(7-3-10)13-12(16)8-11(9-22-13)15(17,18)19;/h8-10,20H,2-7H2,1H3,(H,21,24);1H. The first kappa shape index (κ1) is 21.8. The number of anilines is 1. The number of pyridine rings is 1. The second-order valence-corrected chi connectivity index (χ2v) is 6.09. The maximum Gasteiger partial charge on any atom is 0.417 e. The molecule has 25 heavy (non-hydrogen) atoms. The van der Waals surface area contributed by atoms with Gasteiger partial charge in [-0.3, -0.25) is 4.79 Å². The number of alkyl halides is 3. The van der Waals surface area contributed by atoms with Crippen LogP contribution in [0.4, 0.5) is 19.0 Å². The van der Waals surface area contributed by atoms with E-state index in [2.05, 4.69) is 15.6 Å². The molecular formula is C15H21Cl2F3N4O. The van der Waals surface area contributed by atoms with Crippen LogP contribution in [0.3, 0.4) is 0 Å². The number of carbonyl (C=O) groups is 1. The van der Waals surface area contributed by atoms with Crippen LogP contribution in [0.2, 0.25) is 5.02 Å². The Hall–Kier alpha value is -1.25. The van der Waals surface area contributed by atoms with Crippen LogP contribution in [0, 0.1) is 5.92 Å². The van der Waals surface area contributed by atoms with Crippen molar-refractivity contribution >= 4 is 35.7 Å². The molecule has 1 amide bonds. The van der Waals surface area contributed by atoms with Gasteiger partial charge < -0.3 is 15.5 Å². The van der Waals surface area contributed by atoms with E-state index in [-0.39, 0.29) is 29.3 Å². The van der Waals surface area contributed by atoms with E-state index in [4.69, 9.17) is 11.6 Å². The molecule has 10 heteroatoms. The van der Waals surface area contributed by atoms with Crippen molar-refractivity contribution in [1.29, 1.82) is 0 Å². The largest absolute Gasteiger partial charge is 0.417 e. The van der Waals surface area contributed by atoms with E-state index in [0.717, 1.165) is 12.3 Å². The van der Waals surface area contributed by atoms with Gasteiger partial charge in [-0.2, -0.15) is 13.2 Å². The second-order valence-electron chi connectivity index (χ2n) is 5.68. The fraction of sp³-hybridized carbons (Fsp3) is 0.600. The number of nitrogens with one attached hydrogen (secondary N) is 2. The lowest BCUT2D eigenvalue weighted by Gasteiger charge is -2.32. The molecule has 1 aliphatic rings. The van der Waals surface area contributed by atoms with Crippen molar-refractivity contribution in [2.75, 3.05) is 38.1 Å². The lowest BCUT2D eigenvalue weighted by atomic mass is 9.96. The molecule has 1 saturated heterocycles. The summed E-state index contributed by atoms with van der Waals surface area (Å²) in [5.74, 6) is 0.251. The monoisotopic (exact) mass is 400 g/mol. The normalized spacial score (nSPS) is 15.6. The predicted octanol–water partition coefficient (Wildman–Crippen LogP) is 2.73. The minimum Gasteiger partial charge on any atom is -0.355 e. The van der Waals surface area contributed by atoms with Gasteiger partial charge in [-0.15, -0.1) is 12.4 Å². The van der Waals surface area contributed by atoms with Crippen LogP contribution in [0.15, 0.2) is 12.3 Å². The molecule has 2 rings (SSSR count). The van der Waals surface area contributed by atoms with E-state index >= 15 is 0 Å². The topological polar surface area (TPSA) is 57.3 Å². The summed E-state index contributed by atoms with van der Waals surface area (Å²) in [6.07, 6.45) is -2.44. The summed E-state index contributed by atoms with van der Waals surface area (Å²) in [6.45, 7) is 2.34. The van der Waals surface area contributed by atoms with Gasteiger partial charge in [0.2, 0.25) is 5.91 Å². The number of halogens is 5. The third kappa shape index (κ3) is 5.90. The molecule has 2 N–H and O–H groups in total. The molecule has 2 heterocycles. The summed E-state index contributed by atoms with van der Waals surface area (Å²) in [7, 11) is 1.81. The van der Waals surface area contributed by atoms with Gasteiger partial charge >= 0.3 is 6.18 Å². The van der Waals surface area contributed by atoms with Crippen molar-refractivity contribution in [3.05, 3.63) is 22.8 Å². The highest BCUT2D eigenvalue weighted by Gasteiger charge is 2.32. The number of amides is 1. The Kier molecular flexibility index (Phi) is 8.24. The molecule has 0 aromatic carbocycles. The number of hydrogen-bond donors (Lipinski definition) is 2. The van der Waals surface area contributed by atoms with Gasteiger partial charge in [0.05, 0.1) is 10.6 Å². The van der Waals surface area contributed by atoms with E-state index in [9.17, 15) is 18.0 Å². The fourth-order valence-corrected chi connectivity index (χ4v) is 2.91. The van der Waals surface area contributed by atoms with Gasteiger partial charge in [0, 0.05) is 38.3 Å². The van der Waals surface area contributed by atoms with Crippen molar-refractivity contribution < 1.29 is 18.0 Å². The summed E-state index contributed by atoms with van der Waals surface area (Å²) in [5.41, 5.74) is -0.866. The van der Waals surface area contributed by atoms with Gasteiger partial charge in [-0.1, -0.05) is 11.6 Å². The van der Waals surface area contributed by atoms with Crippen LogP contribution >= 0.6 is 24.0 Å². The van der Waals surface area contributed by atoms with E-state index in [0.29, 0.717) is 44.8 Å². The first-order valence-corrected chi connectivity index (χ1v) is 8.10. The SMILES string of the molecule is CNCCNC(=O)C1CCN(c2ncc(C(F)(F)F)cc2Cl)CC1.Cl. The average molecular weight is 401 g/mol. The zero-order valence-corrected chi connectivity index (χ0v) is 15.3. The smallest absolute Gasteiger partial charge is 0.355 e. The summed E-state index contributed by atoms with van der Waals surface area (Å²) in [5, 5.41) is 5.78. The van der Waals surface area contributed by atoms with Gasteiger partial charge in [0.1, 0.15) is 5.82 Å². The molecule has 1 aromatic rings. The molecule has 1 aliphatic heterocycles. The zero-order valence-electron chi connectivity index (χ0n) is 13.7. The molecule has 142 valence electrons. The Morgan fingerprint density at radius 3 is 2.52 bits per heavy atom. The highest BCUT2D eigenvalue weighted by molar-refractivity contribution is 6.33. The summed E-state index contributed by atoms with van der Waals surface area (Å²) in [6, 6.07) is 0.889. The number of hydrogen-bond acceptors (Lipinski definition) is 4. The Morgan fingerprint density at radius 1 is 1.36 bits per heavy atom. The van der Waals surface area contributed by atoms with Gasteiger partial charge in [-0.25, -0.2) is 4.98 Å². The summed E-state index contributed by atoms with van der Waals surface area (Å²) in [4.78, 5) is 17.7. The Morgan fingerprint density at radius 2 is 2.00 bits per heavy atom. The van der Waals surface area contributed by atoms with Crippen molar-refractivity contribution in [2.24, 2.45) is 5.92 Å². The highest BCUT2D eigenvalue weighted by atomic mass is 35.5. The van der Waals surface area contributed by atoms with Crippen molar-refractivity contribution in [3.8, 4) is 0 Å². The molecule has 0 spiro atoms. The minimum absolute atomic E-state index is 0. The van der Waals surface area contributed by atoms with E-state index in [1.54, 1.807) is 0 Å². The number of carbonyl (C=O) groups excluding carboxylic acids is 1. The zero-order chi connectivity index (χ0) is 17.7. The first-order valence-electron chi connectivity index (χ1n) is 7.73. The van der Waals surface area contributed by atoms with E-state index in [1.165, 1.54) is 0 Å². The quantitative estimate of drug-likeness (QED) is 0.746. The first-order chi connectivity index (χ1) is 11.3. The molecule has 5 nitrogen and oxygen atoms in total. The molecule has 0 atom stereocenters. The number of nitrogens with zero attached hydrogens (tertiary/aromatic N) is 2. The second kappa shape index (κ2) is 9.45.